The lowest BCUT2D eigenvalue weighted by atomic mass is 9.97. The molecule has 0 spiro atoms. The van der Waals surface area contributed by atoms with E-state index in [1.807, 2.05) is 53.6 Å². The van der Waals surface area contributed by atoms with E-state index in [1.54, 1.807) is 18.3 Å². The number of pyridine rings is 1. The SMILES string of the molecule is Cc1cc(C2C(c3ccccn3)NC(=S)N2CCO)c(C)n1-c1ccccc1C(=O)O. The van der Waals surface area contributed by atoms with E-state index in [2.05, 4.69) is 16.4 Å². The number of aliphatic hydroxyl groups excluding tert-OH is 1. The summed E-state index contributed by atoms with van der Waals surface area (Å²) >= 11 is 5.58. The molecule has 1 aliphatic heterocycles. The molecular weight excluding hydrogens is 412 g/mol. The molecule has 0 amide bonds. The molecule has 1 saturated heterocycles. The maximum atomic E-state index is 11.8. The van der Waals surface area contributed by atoms with E-state index in [4.69, 9.17) is 12.2 Å². The lowest BCUT2D eigenvalue weighted by Crippen LogP contribution is -2.32. The van der Waals surface area contributed by atoms with Crippen LogP contribution in [0.4, 0.5) is 0 Å². The molecule has 2 atom stereocenters. The minimum absolute atomic E-state index is 0.0339. The second-order valence-corrected chi connectivity index (χ2v) is 7.91. The van der Waals surface area contributed by atoms with Crippen LogP contribution in [0.5, 0.6) is 0 Å². The first-order chi connectivity index (χ1) is 14.9. The maximum Gasteiger partial charge on any atom is 0.337 e. The van der Waals surface area contributed by atoms with Crippen molar-refractivity contribution in [3.8, 4) is 5.69 Å². The highest BCUT2D eigenvalue weighted by Gasteiger charge is 2.41. The Balaban J connectivity index is 1.87. The molecule has 1 aromatic carbocycles. The predicted octanol–water partition coefficient (Wildman–Crippen LogP) is 3.15. The Bertz CT molecular complexity index is 1130. The molecule has 3 aromatic rings. The summed E-state index contributed by atoms with van der Waals surface area (Å²) in [6, 6.07) is 14.4. The molecule has 7 nitrogen and oxygen atoms in total. The first kappa shape index (κ1) is 21.0. The summed E-state index contributed by atoms with van der Waals surface area (Å²) in [5.41, 5.74) is 4.56. The van der Waals surface area contributed by atoms with Gasteiger partial charge in [-0.2, -0.15) is 0 Å². The molecule has 4 rings (SSSR count). The molecular formula is C23H24N4O3S. The number of nitrogens with zero attached hydrogens (tertiary/aromatic N) is 3. The quantitative estimate of drug-likeness (QED) is 0.512. The van der Waals surface area contributed by atoms with Gasteiger partial charge in [-0.15, -0.1) is 0 Å². The molecule has 3 N–H and O–H groups in total. The van der Waals surface area contributed by atoms with Gasteiger partial charge in [-0.25, -0.2) is 4.79 Å². The van der Waals surface area contributed by atoms with Gasteiger partial charge < -0.3 is 25.0 Å². The van der Waals surface area contributed by atoms with Crippen molar-refractivity contribution in [2.45, 2.75) is 25.9 Å². The minimum Gasteiger partial charge on any atom is -0.478 e. The fourth-order valence-electron chi connectivity index (χ4n) is 4.40. The topological polar surface area (TPSA) is 90.6 Å². The standard InChI is InChI=1S/C23H24N4O3S/c1-14-13-17(15(2)27(14)19-9-4-3-7-16(19)22(29)30)21-20(18-8-5-6-10-24-18)25-23(31)26(21)11-12-28/h3-10,13,20-21,28H,11-12H2,1-2H3,(H,25,31)(H,29,30). The number of carboxylic acid groups (broad SMARTS) is 1. The Kier molecular flexibility index (Phi) is 5.75. The number of aromatic carboxylic acids is 1. The normalized spacial score (nSPS) is 18.3. The van der Waals surface area contributed by atoms with Crippen molar-refractivity contribution in [1.82, 2.24) is 19.8 Å². The van der Waals surface area contributed by atoms with Gasteiger partial charge in [0.1, 0.15) is 0 Å². The maximum absolute atomic E-state index is 11.8. The van der Waals surface area contributed by atoms with Gasteiger partial charge in [0, 0.05) is 24.1 Å². The molecule has 3 heterocycles. The van der Waals surface area contributed by atoms with E-state index in [-0.39, 0.29) is 24.3 Å². The van der Waals surface area contributed by atoms with Crippen molar-refractivity contribution in [2.75, 3.05) is 13.2 Å². The van der Waals surface area contributed by atoms with E-state index >= 15 is 0 Å². The van der Waals surface area contributed by atoms with Crippen LogP contribution in [0.3, 0.4) is 0 Å². The number of carboxylic acids is 1. The summed E-state index contributed by atoms with van der Waals surface area (Å²) in [6.07, 6.45) is 1.75. The van der Waals surface area contributed by atoms with Crippen LogP contribution in [0.15, 0.2) is 54.7 Å². The van der Waals surface area contributed by atoms with Crippen LogP contribution in [-0.4, -0.2) is 48.9 Å². The average molecular weight is 437 g/mol. The van der Waals surface area contributed by atoms with Crippen LogP contribution in [0.1, 0.15) is 45.1 Å². The molecule has 0 aliphatic carbocycles. The first-order valence-corrected chi connectivity index (χ1v) is 10.4. The molecule has 31 heavy (non-hydrogen) atoms. The number of aliphatic hydroxyl groups is 1. The number of aryl methyl sites for hydroxylation is 1. The smallest absolute Gasteiger partial charge is 0.337 e. The number of para-hydroxylation sites is 1. The summed E-state index contributed by atoms with van der Waals surface area (Å²) in [5, 5.41) is 23.3. The third-order valence-electron chi connectivity index (χ3n) is 5.70. The average Bonchev–Trinajstić information content (AvgIpc) is 3.24. The second-order valence-electron chi connectivity index (χ2n) is 7.53. The van der Waals surface area contributed by atoms with Gasteiger partial charge in [-0.1, -0.05) is 18.2 Å². The van der Waals surface area contributed by atoms with Crippen LogP contribution < -0.4 is 5.32 Å². The van der Waals surface area contributed by atoms with Gasteiger partial charge in [0.15, 0.2) is 5.11 Å². The first-order valence-electron chi connectivity index (χ1n) is 10.0. The van der Waals surface area contributed by atoms with E-state index in [0.717, 1.165) is 22.6 Å². The summed E-state index contributed by atoms with van der Waals surface area (Å²) < 4.78 is 1.97. The Morgan fingerprint density at radius 2 is 1.94 bits per heavy atom. The number of β-amino-alcohol motifs (C(OH)–C–C–N with tert-alkyl or cyclic N) is 1. The van der Waals surface area contributed by atoms with E-state index in [0.29, 0.717) is 17.3 Å². The number of nitrogens with one attached hydrogen (secondary N) is 1. The largest absolute Gasteiger partial charge is 0.478 e. The van der Waals surface area contributed by atoms with Gasteiger partial charge in [0.2, 0.25) is 0 Å². The third-order valence-corrected chi connectivity index (χ3v) is 6.06. The second kappa shape index (κ2) is 8.49. The highest BCUT2D eigenvalue weighted by atomic mass is 32.1. The summed E-state index contributed by atoms with van der Waals surface area (Å²) in [7, 11) is 0. The lowest BCUT2D eigenvalue weighted by Gasteiger charge is -2.27. The van der Waals surface area contributed by atoms with Gasteiger partial charge in [-0.3, -0.25) is 4.98 Å². The van der Waals surface area contributed by atoms with Crippen LogP contribution in [0.2, 0.25) is 0 Å². The van der Waals surface area contributed by atoms with Crippen molar-refractivity contribution < 1.29 is 15.0 Å². The number of rotatable bonds is 6. The van der Waals surface area contributed by atoms with Crippen molar-refractivity contribution in [3.05, 3.63) is 82.9 Å². The monoisotopic (exact) mass is 436 g/mol. The molecule has 0 radical (unpaired) electrons. The highest BCUT2D eigenvalue weighted by Crippen LogP contribution is 2.41. The summed E-state index contributed by atoms with van der Waals surface area (Å²) in [6.45, 7) is 4.29. The van der Waals surface area contributed by atoms with Crippen LogP contribution in [0, 0.1) is 13.8 Å². The number of hydrogen-bond acceptors (Lipinski definition) is 4. The zero-order valence-electron chi connectivity index (χ0n) is 17.3. The van der Waals surface area contributed by atoms with Crippen molar-refractivity contribution in [1.29, 1.82) is 0 Å². The zero-order valence-corrected chi connectivity index (χ0v) is 18.1. The number of thiocarbonyl (C=S) groups is 1. The summed E-state index contributed by atoms with van der Waals surface area (Å²) in [5.74, 6) is -0.971. The molecule has 0 bridgehead atoms. The molecule has 2 unspecified atom stereocenters. The van der Waals surface area contributed by atoms with Crippen LogP contribution in [0.25, 0.3) is 5.69 Å². The van der Waals surface area contributed by atoms with Gasteiger partial charge in [-0.05, 0) is 62.0 Å². The van der Waals surface area contributed by atoms with Crippen molar-refractivity contribution in [2.24, 2.45) is 0 Å². The zero-order chi connectivity index (χ0) is 22.1. The molecule has 160 valence electrons. The number of benzene rings is 1. The van der Waals surface area contributed by atoms with Crippen LogP contribution in [-0.2, 0) is 0 Å². The Morgan fingerprint density at radius 3 is 2.61 bits per heavy atom. The molecule has 0 saturated carbocycles. The molecule has 1 aliphatic rings. The Hall–Kier alpha value is -3.23. The lowest BCUT2D eigenvalue weighted by molar-refractivity contribution is 0.0697. The van der Waals surface area contributed by atoms with Crippen molar-refractivity contribution in [3.63, 3.8) is 0 Å². The van der Waals surface area contributed by atoms with E-state index in [9.17, 15) is 15.0 Å². The van der Waals surface area contributed by atoms with E-state index < -0.39 is 5.97 Å². The van der Waals surface area contributed by atoms with Gasteiger partial charge in [0.05, 0.1) is 35.6 Å². The predicted molar refractivity (Wildman–Crippen MR) is 121 cm³/mol. The Labute approximate surface area is 186 Å². The van der Waals surface area contributed by atoms with Crippen molar-refractivity contribution >= 4 is 23.3 Å². The molecule has 1 fully saturated rings. The number of hydrogen-bond donors (Lipinski definition) is 3. The molecule has 8 heteroatoms. The Morgan fingerprint density at radius 1 is 1.19 bits per heavy atom. The van der Waals surface area contributed by atoms with Gasteiger partial charge in [0.25, 0.3) is 0 Å². The number of aromatic nitrogens is 2. The highest BCUT2D eigenvalue weighted by molar-refractivity contribution is 7.80. The van der Waals surface area contributed by atoms with E-state index in [1.165, 1.54) is 0 Å². The molecule has 2 aromatic heterocycles. The fraction of sp³-hybridized carbons (Fsp3) is 0.261. The van der Waals surface area contributed by atoms with Crippen LogP contribution >= 0.6 is 12.2 Å². The van der Waals surface area contributed by atoms with Gasteiger partial charge >= 0.3 is 5.97 Å². The fourth-order valence-corrected chi connectivity index (χ4v) is 4.73. The summed E-state index contributed by atoms with van der Waals surface area (Å²) in [4.78, 5) is 18.3. The third kappa shape index (κ3) is 3.68. The number of carbonyl (C=O) groups is 1. The minimum atomic E-state index is -0.971.